The van der Waals surface area contributed by atoms with Crippen LogP contribution < -0.4 is 10.6 Å². The second kappa shape index (κ2) is 11.1. The molecule has 178 valence electrons. The number of anilines is 2. The SMILES string of the molecule is CCCCCC(=O)Nc1ccc(C)c(CCN2CCC(C3CNc4ccc(F)cc43)CC2)c1. The number of nitrogens with zero attached hydrogens (tertiary/aromatic N) is 1. The highest BCUT2D eigenvalue weighted by Gasteiger charge is 2.32. The first-order valence-electron chi connectivity index (χ1n) is 12.7. The van der Waals surface area contributed by atoms with Gasteiger partial charge in [-0.2, -0.15) is 0 Å². The molecule has 1 atom stereocenters. The molecule has 0 spiro atoms. The van der Waals surface area contributed by atoms with Crippen molar-refractivity contribution in [1.29, 1.82) is 0 Å². The van der Waals surface area contributed by atoms with Crippen molar-refractivity contribution in [1.82, 2.24) is 4.90 Å². The van der Waals surface area contributed by atoms with Crippen molar-refractivity contribution >= 4 is 17.3 Å². The second-order valence-electron chi connectivity index (χ2n) is 9.79. The van der Waals surface area contributed by atoms with E-state index in [0.29, 0.717) is 18.3 Å². The smallest absolute Gasteiger partial charge is 0.224 e. The molecule has 1 amide bonds. The van der Waals surface area contributed by atoms with Gasteiger partial charge >= 0.3 is 0 Å². The molecule has 5 heteroatoms. The molecule has 0 radical (unpaired) electrons. The molecule has 1 fully saturated rings. The predicted octanol–water partition coefficient (Wildman–Crippen LogP) is 6.12. The average Bonchev–Trinajstić information content (AvgIpc) is 3.23. The summed E-state index contributed by atoms with van der Waals surface area (Å²) < 4.78 is 13.8. The Hall–Kier alpha value is -2.40. The van der Waals surface area contributed by atoms with Gasteiger partial charge < -0.3 is 15.5 Å². The minimum atomic E-state index is -0.130. The van der Waals surface area contributed by atoms with Crippen molar-refractivity contribution in [3.8, 4) is 0 Å². The molecule has 1 saturated heterocycles. The Labute approximate surface area is 198 Å². The van der Waals surface area contributed by atoms with Gasteiger partial charge in [0.25, 0.3) is 0 Å². The number of benzene rings is 2. The summed E-state index contributed by atoms with van der Waals surface area (Å²) in [6.07, 6.45) is 7.10. The van der Waals surface area contributed by atoms with Crippen LogP contribution in [0.2, 0.25) is 0 Å². The lowest BCUT2D eigenvalue weighted by atomic mass is 9.81. The summed E-state index contributed by atoms with van der Waals surface area (Å²) in [7, 11) is 0. The predicted molar refractivity (Wildman–Crippen MR) is 134 cm³/mol. The van der Waals surface area contributed by atoms with Gasteiger partial charge in [0.05, 0.1) is 0 Å². The Morgan fingerprint density at radius 3 is 2.76 bits per heavy atom. The van der Waals surface area contributed by atoms with Crippen molar-refractivity contribution < 1.29 is 9.18 Å². The number of halogens is 1. The topological polar surface area (TPSA) is 44.4 Å². The largest absolute Gasteiger partial charge is 0.384 e. The molecule has 1 unspecified atom stereocenters. The lowest BCUT2D eigenvalue weighted by Gasteiger charge is -2.35. The Morgan fingerprint density at radius 1 is 1.15 bits per heavy atom. The molecular weight excluding hydrogens is 413 g/mol. The molecule has 2 heterocycles. The number of likely N-dealkylation sites (tertiary alicyclic amines) is 1. The van der Waals surface area contributed by atoms with Crippen molar-refractivity contribution in [3.63, 3.8) is 0 Å². The number of aryl methyl sites for hydroxylation is 1. The van der Waals surface area contributed by atoms with Crippen LogP contribution in [0.4, 0.5) is 15.8 Å². The summed E-state index contributed by atoms with van der Waals surface area (Å²) in [6.45, 7) is 8.46. The van der Waals surface area contributed by atoms with E-state index in [1.165, 1.54) is 11.1 Å². The van der Waals surface area contributed by atoms with E-state index in [1.807, 2.05) is 12.1 Å². The lowest BCUT2D eigenvalue weighted by molar-refractivity contribution is -0.116. The van der Waals surface area contributed by atoms with Gasteiger partial charge in [0, 0.05) is 36.8 Å². The van der Waals surface area contributed by atoms with Gasteiger partial charge in [-0.3, -0.25) is 4.79 Å². The number of hydrogen-bond acceptors (Lipinski definition) is 3. The van der Waals surface area contributed by atoms with Gasteiger partial charge in [0.1, 0.15) is 5.82 Å². The zero-order valence-electron chi connectivity index (χ0n) is 20.1. The lowest BCUT2D eigenvalue weighted by Crippen LogP contribution is -2.37. The fourth-order valence-corrected chi connectivity index (χ4v) is 5.39. The van der Waals surface area contributed by atoms with Gasteiger partial charge in [-0.15, -0.1) is 0 Å². The number of carbonyl (C=O) groups excluding carboxylic acids is 1. The maximum absolute atomic E-state index is 13.8. The van der Waals surface area contributed by atoms with E-state index in [-0.39, 0.29) is 11.7 Å². The van der Waals surface area contributed by atoms with E-state index in [4.69, 9.17) is 0 Å². The quantitative estimate of drug-likeness (QED) is 0.452. The van der Waals surface area contributed by atoms with Gasteiger partial charge in [0.2, 0.25) is 5.91 Å². The second-order valence-corrected chi connectivity index (χ2v) is 9.79. The van der Waals surface area contributed by atoms with Crippen molar-refractivity contribution in [2.24, 2.45) is 5.92 Å². The Bertz CT molecular complexity index is 952. The molecule has 0 bridgehead atoms. The van der Waals surface area contributed by atoms with Crippen LogP contribution in [0.1, 0.15) is 68.1 Å². The number of carbonyl (C=O) groups is 1. The summed E-state index contributed by atoms with van der Waals surface area (Å²) in [4.78, 5) is 14.7. The van der Waals surface area contributed by atoms with Crippen LogP contribution in [0.15, 0.2) is 36.4 Å². The fraction of sp³-hybridized carbons (Fsp3) is 0.536. The maximum atomic E-state index is 13.8. The van der Waals surface area contributed by atoms with Crippen LogP contribution in [-0.2, 0) is 11.2 Å². The van der Waals surface area contributed by atoms with Gasteiger partial charge in [-0.25, -0.2) is 4.39 Å². The standard InChI is InChI=1S/C28H38FN3O/c1-3-4-5-6-28(33)31-24-9-7-20(2)22(17-24)13-16-32-14-11-21(12-15-32)26-19-30-27-10-8-23(29)18-25(26)27/h7-10,17-18,21,26,30H,3-6,11-16,19H2,1-2H3,(H,31,33). The minimum Gasteiger partial charge on any atom is -0.384 e. The summed E-state index contributed by atoms with van der Waals surface area (Å²) in [5.41, 5.74) is 5.78. The Balaban J connectivity index is 1.26. The normalized spacial score (nSPS) is 18.7. The van der Waals surface area contributed by atoms with Crippen LogP contribution in [-0.4, -0.2) is 37.0 Å². The highest BCUT2D eigenvalue weighted by Crippen LogP contribution is 2.40. The summed E-state index contributed by atoms with van der Waals surface area (Å²) in [5, 5.41) is 6.53. The first-order valence-corrected chi connectivity index (χ1v) is 12.7. The zero-order chi connectivity index (χ0) is 23.2. The average molecular weight is 452 g/mol. The van der Waals surface area contributed by atoms with Crippen LogP contribution in [0.5, 0.6) is 0 Å². The molecule has 2 aromatic carbocycles. The third-order valence-corrected chi connectivity index (χ3v) is 7.46. The van der Waals surface area contributed by atoms with Crippen LogP contribution in [0.25, 0.3) is 0 Å². The number of fused-ring (bicyclic) bond motifs is 1. The summed E-state index contributed by atoms with van der Waals surface area (Å²) >= 11 is 0. The van der Waals surface area contributed by atoms with E-state index in [9.17, 15) is 9.18 Å². The van der Waals surface area contributed by atoms with E-state index in [2.05, 4.69) is 41.5 Å². The number of amides is 1. The Kier molecular flexibility index (Phi) is 8.02. The van der Waals surface area contributed by atoms with Crippen LogP contribution in [0.3, 0.4) is 0 Å². The summed E-state index contributed by atoms with van der Waals surface area (Å²) in [5.74, 6) is 1.03. The third-order valence-electron chi connectivity index (χ3n) is 7.46. The van der Waals surface area contributed by atoms with E-state index < -0.39 is 0 Å². The van der Waals surface area contributed by atoms with E-state index >= 15 is 0 Å². The number of rotatable bonds is 9. The number of unbranched alkanes of at least 4 members (excludes halogenated alkanes) is 2. The molecule has 0 aliphatic carbocycles. The fourth-order valence-electron chi connectivity index (χ4n) is 5.39. The zero-order valence-corrected chi connectivity index (χ0v) is 20.1. The molecule has 0 saturated carbocycles. The van der Waals surface area contributed by atoms with E-state index in [1.54, 1.807) is 12.1 Å². The Morgan fingerprint density at radius 2 is 1.97 bits per heavy atom. The van der Waals surface area contributed by atoms with Crippen molar-refractivity contribution in [2.75, 3.05) is 36.8 Å². The van der Waals surface area contributed by atoms with Crippen LogP contribution in [0, 0.1) is 18.7 Å². The summed E-state index contributed by atoms with van der Waals surface area (Å²) in [6, 6.07) is 11.4. The molecule has 4 rings (SSSR count). The number of nitrogens with one attached hydrogen (secondary N) is 2. The molecule has 2 N–H and O–H groups in total. The third kappa shape index (κ3) is 6.14. The molecule has 33 heavy (non-hydrogen) atoms. The molecular formula is C28H38FN3O. The highest BCUT2D eigenvalue weighted by atomic mass is 19.1. The molecule has 2 aromatic rings. The van der Waals surface area contributed by atoms with Crippen molar-refractivity contribution in [3.05, 3.63) is 58.9 Å². The monoisotopic (exact) mass is 451 g/mol. The van der Waals surface area contributed by atoms with Crippen LogP contribution >= 0.6 is 0 Å². The van der Waals surface area contributed by atoms with Gasteiger partial charge in [-0.05, 0) is 98.6 Å². The number of piperidine rings is 1. The molecule has 2 aliphatic heterocycles. The molecule has 0 aromatic heterocycles. The highest BCUT2D eigenvalue weighted by molar-refractivity contribution is 5.90. The number of hydrogen-bond donors (Lipinski definition) is 2. The van der Waals surface area contributed by atoms with Gasteiger partial charge in [0.15, 0.2) is 0 Å². The first-order chi connectivity index (χ1) is 16.0. The molecule has 2 aliphatic rings. The minimum absolute atomic E-state index is 0.114. The van der Waals surface area contributed by atoms with Crippen molar-refractivity contribution in [2.45, 2.75) is 64.7 Å². The maximum Gasteiger partial charge on any atom is 0.224 e. The van der Waals surface area contributed by atoms with E-state index in [0.717, 1.165) is 81.6 Å². The van der Waals surface area contributed by atoms with Gasteiger partial charge in [-0.1, -0.05) is 25.8 Å². The molecule has 4 nitrogen and oxygen atoms in total. The first kappa shape index (κ1) is 23.7.